The van der Waals surface area contributed by atoms with Crippen molar-refractivity contribution in [2.45, 2.75) is 44.0 Å². The van der Waals surface area contributed by atoms with Gasteiger partial charge < -0.3 is 20.1 Å². The van der Waals surface area contributed by atoms with E-state index >= 15 is 0 Å². The second kappa shape index (κ2) is 8.61. The third-order valence-corrected chi connectivity index (χ3v) is 7.41. The second-order valence-electron chi connectivity index (χ2n) is 8.79. The summed E-state index contributed by atoms with van der Waals surface area (Å²) >= 11 is 6.45. The molecular formula is C25H27ClN4O4. The summed E-state index contributed by atoms with van der Waals surface area (Å²) in [4.78, 5) is 29.5. The topological polar surface area (TPSA) is 106 Å². The largest absolute Gasteiger partial charge is 0.465 e. The van der Waals surface area contributed by atoms with Crippen molar-refractivity contribution in [3.8, 4) is 0 Å². The van der Waals surface area contributed by atoms with Gasteiger partial charge in [0.25, 0.3) is 0 Å². The van der Waals surface area contributed by atoms with Crippen LogP contribution in [0.5, 0.6) is 0 Å². The molecule has 3 heterocycles. The molecule has 3 aliphatic rings. The Morgan fingerprint density at radius 2 is 1.94 bits per heavy atom. The lowest BCUT2D eigenvalue weighted by Gasteiger charge is -2.43. The van der Waals surface area contributed by atoms with Gasteiger partial charge in [-0.3, -0.25) is 10.2 Å². The van der Waals surface area contributed by atoms with Crippen LogP contribution in [0.2, 0.25) is 5.02 Å². The van der Waals surface area contributed by atoms with Crippen LogP contribution in [-0.4, -0.2) is 31.3 Å². The first-order chi connectivity index (χ1) is 16.4. The molecular weight excluding hydrogens is 456 g/mol. The van der Waals surface area contributed by atoms with Crippen LogP contribution in [0.4, 0.5) is 5.69 Å². The molecule has 0 aliphatic carbocycles. The van der Waals surface area contributed by atoms with Crippen LogP contribution in [0.1, 0.15) is 30.9 Å². The number of hydrazine groups is 1. The maximum Gasteiger partial charge on any atom is 0.340 e. The number of hydrogen-bond acceptors (Lipinski definition) is 7. The molecule has 0 bridgehead atoms. The van der Waals surface area contributed by atoms with E-state index < -0.39 is 23.5 Å². The first-order valence-corrected chi connectivity index (χ1v) is 11.7. The number of carbonyl (C=O) groups excluding carboxylic acids is 2. The molecule has 2 aromatic carbocycles. The summed E-state index contributed by atoms with van der Waals surface area (Å²) < 4.78 is 11.1. The normalized spacial score (nSPS) is 27.6. The Kier molecular flexibility index (Phi) is 5.75. The maximum absolute atomic E-state index is 14.6. The number of methoxy groups -OCH3 is 1. The number of ether oxygens (including phenoxy) is 2. The monoisotopic (exact) mass is 482 g/mol. The zero-order valence-corrected chi connectivity index (χ0v) is 19.8. The fraction of sp³-hybridized carbons (Fsp3) is 0.360. The number of benzene rings is 2. The lowest BCUT2D eigenvalue weighted by atomic mass is 9.61. The van der Waals surface area contributed by atoms with Gasteiger partial charge in [0, 0.05) is 16.8 Å². The predicted molar refractivity (Wildman–Crippen MR) is 127 cm³/mol. The highest BCUT2D eigenvalue weighted by Crippen LogP contribution is 2.57. The van der Waals surface area contributed by atoms with Gasteiger partial charge in [-0.1, -0.05) is 61.3 Å². The van der Waals surface area contributed by atoms with E-state index in [1.165, 1.54) is 7.11 Å². The van der Waals surface area contributed by atoms with Gasteiger partial charge in [0.05, 0.1) is 19.6 Å². The standard InChI is InChI=1S/C25H27ClN4O4/c1-3-8-17-19-22(29-28-17)34-21(27)20(23(31)33-2)25(19)15-10-5-7-12-18(15)30(24(25)32)13-14-9-4-6-11-16(14)26/h4-7,9-12,17,19,22,28-29H,3,8,13,27H2,1-2H3. The molecule has 1 spiro atoms. The fourth-order valence-corrected chi connectivity index (χ4v) is 5.89. The van der Waals surface area contributed by atoms with Crippen molar-refractivity contribution in [2.24, 2.45) is 11.7 Å². The van der Waals surface area contributed by atoms with E-state index in [1.54, 1.807) is 11.0 Å². The Bertz CT molecular complexity index is 1190. The molecule has 9 heteroatoms. The first kappa shape index (κ1) is 22.7. The van der Waals surface area contributed by atoms with Gasteiger partial charge in [0.2, 0.25) is 5.91 Å². The number of fused-ring (bicyclic) bond motifs is 4. The van der Waals surface area contributed by atoms with Gasteiger partial charge in [-0.05, 0) is 29.7 Å². The van der Waals surface area contributed by atoms with Crippen LogP contribution in [-0.2, 0) is 31.0 Å². The van der Waals surface area contributed by atoms with Crippen LogP contribution in [0.15, 0.2) is 60.0 Å². The molecule has 4 N–H and O–H groups in total. The van der Waals surface area contributed by atoms with Crippen LogP contribution < -0.4 is 21.5 Å². The van der Waals surface area contributed by atoms with E-state index in [-0.39, 0.29) is 29.9 Å². The van der Waals surface area contributed by atoms with Crippen LogP contribution in [0, 0.1) is 5.92 Å². The summed E-state index contributed by atoms with van der Waals surface area (Å²) in [5, 5.41) is 0.565. The van der Waals surface area contributed by atoms with E-state index in [1.807, 2.05) is 42.5 Å². The average Bonchev–Trinajstić information content (AvgIpc) is 3.34. The number of rotatable bonds is 5. The van der Waals surface area contributed by atoms with Crippen LogP contribution in [0.3, 0.4) is 0 Å². The van der Waals surface area contributed by atoms with Crippen molar-refractivity contribution in [1.82, 2.24) is 10.9 Å². The average molecular weight is 483 g/mol. The van der Waals surface area contributed by atoms with E-state index in [4.69, 9.17) is 26.8 Å². The minimum atomic E-state index is -1.38. The molecule has 1 fully saturated rings. The summed E-state index contributed by atoms with van der Waals surface area (Å²) in [6, 6.07) is 14.8. The molecule has 0 aromatic heterocycles. The predicted octanol–water partition coefficient (Wildman–Crippen LogP) is 2.72. The van der Waals surface area contributed by atoms with Crippen molar-refractivity contribution in [2.75, 3.05) is 12.0 Å². The number of nitrogens with one attached hydrogen (secondary N) is 2. The van der Waals surface area contributed by atoms with Crippen molar-refractivity contribution < 1.29 is 19.1 Å². The Labute approximate surface area is 203 Å². The maximum atomic E-state index is 14.6. The zero-order chi connectivity index (χ0) is 24.0. The fourth-order valence-electron chi connectivity index (χ4n) is 5.69. The van der Waals surface area contributed by atoms with Crippen LogP contribution >= 0.6 is 11.6 Å². The number of esters is 1. The molecule has 4 atom stereocenters. The summed E-state index contributed by atoms with van der Waals surface area (Å²) in [7, 11) is 1.28. The summed E-state index contributed by atoms with van der Waals surface area (Å²) in [6.07, 6.45) is 1.06. The van der Waals surface area contributed by atoms with Gasteiger partial charge in [-0.25, -0.2) is 10.2 Å². The summed E-state index contributed by atoms with van der Waals surface area (Å²) in [6.45, 7) is 2.33. The molecule has 1 amide bonds. The van der Waals surface area contributed by atoms with Crippen molar-refractivity contribution in [3.05, 3.63) is 76.1 Å². The van der Waals surface area contributed by atoms with Gasteiger partial charge in [0.15, 0.2) is 12.1 Å². The quantitative estimate of drug-likeness (QED) is 0.562. The highest BCUT2D eigenvalue weighted by atomic mass is 35.5. The van der Waals surface area contributed by atoms with Gasteiger partial charge in [-0.2, -0.15) is 0 Å². The Hall–Kier alpha value is -3.07. The number of anilines is 1. The third kappa shape index (κ3) is 3.13. The van der Waals surface area contributed by atoms with Crippen molar-refractivity contribution in [3.63, 3.8) is 0 Å². The lowest BCUT2D eigenvalue weighted by Crippen LogP contribution is -2.59. The Morgan fingerprint density at radius 3 is 2.68 bits per heavy atom. The molecule has 4 unspecified atom stereocenters. The second-order valence-corrected chi connectivity index (χ2v) is 9.19. The molecule has 34 heavy (non-hydrogen) atoms. The van der Waals surface area contributed by atoms with E-state index in [9.17, 15) is 9.59 Å². The first-order valence-electron chi connectivity index (χ1n) is 11.4. The molecule has 8 nitrogen and oxygen atoms in total. The smallest absolute Gasteiger partial charge is 0.340 e. The number of carbonyl (C=O) groups is 2. The van der Waals surface area contributed by atoms with E-state index in [0.717, 1.165) is 18.4 Å². The van der Waals surface area contributed by atoms with Gasteiger partial charge in [-0.15, -0.1) is 0 Å². The Morgan fingerprint density at radius 1 is 1.21 bits per heavy atom. The number of halogens is 1. The summed E-state index contributed by atoms with van der Waals surface area (Å²) in [5.74, 6) is -1.47. The highest BCUT2D eigenvalue weighted by Gasteiger charge is 2.68. The number of hydrogen-bond donors (Lipinski definition) is 3. The molecule has 3 aliphatic heterocycles. The van der Waals surface area contributed by atoms with Gasteiger partial charge in [0.1, 0.15) is 11.0 Å². The number of amides is 1. The lowest BCUT2D eigenvalue weighted by molar-refractivity contribution is -0.142. The minimum absolute atomic E-state index is 0.0435. The molecule has 0 radical (unpaired) electrons. The summed E-state index contributed by atoms with van der Waals surface area (Å²) in [5.41, 5.74) is 13.6. The molecule has 5 rings (SSSR count). The third-order valence-electron chi connectivity index (χ3n) is 7.04. The van der Waals surface area contributed by atoms with Crippen molar-refractivity contribution in [1.29, 1.82) is 0 Å². The van der Waals surface area contributed by atoms with Crippen LogP contribution in [0.25, 0.3) is 0 Å². The number of nitrogens with two attached hydrogens (primary N) is 1. The molecule has 0 saturated carbocycles. The zero-order valence-electron chi connectivity index (χ0n) is 19.0. The molecule has 178 valence electrons. The molecule has 2 aromatic rings. The molecule has 1 saturated heterocycles. The van der Waals surface area contributed by atoms with E-state index in [2.05, 4.69) is 17.8 Å². The van der Waals surface area contributed by atoms with E-state index in [0.29, 0.717) is 16.3 Å². The van der Waals surface area contributed by atoms with Crippen molar-refractivity contribution >= 4 is 29.2 Å². The number of para-hydroxylation sites is 1. The SMILES string of the molecule is CCCC1NNC2OC(N)=C(C(=O)OC)C3(C(=O)N(Cc4ccccc4Cl)c4ccccc43)C12. The number of nitrogens with zero attached hydrogens (tertiary/aromatic N) is 1. The Balaban J connectivity index is 1.75. The highest BCUT2D eigenvalue weighted by molar-refractivity contribution is 6.31. The van der Waals surface area contributed by atoms with Gasteiger partial charge >= 0.3 is 5.97 Å². The minimum Gasteiger partial charge on any atom is -0.465 e.